The second-order valence-electron chi connectivity index (χ2n) is 4.39. The molecular formula is C14H14FNO2S. The van der Waals surface area contributed by atoms with Crippen molar-refractivity contribution >= 4 is 17.3 Å². The van der Waals surface area contributed by atoms with Crippen molar-refractivity contribution in [3.63, 3.8) is 0 Å². The van der Waals surface area contributed by atoms with Crippen LogP contribution in [0, 0.1) is 19.7 Å². The Hall–Kier alpha value is -1.75. The van der Waals surface area contributed by atoms with Crippen molar-refractivity contribution in [1.29, 1.82) is 0 Å². The molecule has 0 saturated carbocycles. The van der Waals surface area contributed by atoms with Crippen LogP contribution in [0.4, 0.5) is 4.39 Å². The largest absolute Gasteiger partial charge is 0.481 e. The number of benzene rings is 1. The standard InChI is InChI=1S/C14H14FNO2S/c1-8-7-10(3-4-11(8)15)14-16-9(2)12(19-14)5-6-13(17)18/h3-4,7H,5-6H2,1-2H3,(H,17,18). The first-order chi connectivity index (χ1) is 8.97. The average Bonchev–Trinajstić information content (AvgIpc) is 2.71. The van der Waals surface area contributed by atoms with Gasteiger partial charge in [0.2, 0.25) is 0 Å². The number of hydrogen-bond donors (Lipinski definition) is 1. The van der Waals surface area contributed by atoms with Crippen LogP contribution in [0.2, 0.25) is 0 Å². The lowest BCUT2D eigenvalue weighted by atomic mass is 10.1. The van der Waals surface area contributed by atoms with Crippen molar-refractivity contribution in [2.24, 2.45) is 0 Å². The molecule has 100 valence electrons. The molecular weight excluding hydrogens is 265 g/mol. The van der Waals surface area contributed by atoms with E-state index in [0.29, 0.717) is 12.0 Å². The van der Waals surface area contributed by atoms with Crippen molar-refractivity contribution in [1.82, 2.24) is 4.98 Å². The zero-order valence-electron chi connectivity index (χ0n) is 10.7. The Labute approximate surface area is 114 Å². The van der Waals surface area contributed by atoms with E-state index in [2.05, 4.69) is 4.98 Å². The maximum Gasteiger partial charge on any atom is 0.303 e. The minimum absolute atomic E-state index is 0.102. The summed E-state index contributed by atoms with van der Waals surface area (Å²) in [7, 11) is 0. The van der Waals surface area contributed by atoms with Gasteiger partial charge in [-0.2, -0.15) is 0 Å². The number of thiazole rings is 1. The van der Waals surface area contributed by atoms with Crippen LogP contribution in [0.3, 0.4) is 0 Å². The molecule has 0 aliphatic rings. The predicted molar refractivity (Wildman–Crippen MR) is 72.9 cm³/mol. The zero-order valence-corrected chi connectivity index (χ0v) is 11.6. The molecule has 0 aliphatic carbocycles. The van der Waals surface area contributed by atoms with Gasteiger partial charge in [-0.25, -0.2) is 9.37 Å². The van der Waals surface area contributed by atoms with Crippen LogP contribution in [-0.2, 0) is 11.2 Å². The van der Waals surface area contributed by atoms with Gasteiger partial charge >= 0.3 is 5.97 Å². The lowest BCUT2D eigenvalue weighted by Gasteiger charge is -1.99. The molecule has 0 radical (unpaired) electrons. The first kappa shape index (κ1) is 13.7. The van der Waals surface area contributed by atoms with E-state index >= 15 is 0 Å². The van der Waals surface area contributed by atoms with Gasteiger partial charge in [0, 0.05) is 10.4 Å². The Morgan fingerprint density at radius 3 is 2.79 bits per heavy atom. The monoisotopic (exact) mass is 279 g/mol. The van der Waals surface area contributed by atoms with E-state index in [1.165, 1.54) is 17.4 Å². The number of hydrogen-bond acceptors (Lipinski definition) is 3. The molecule has 2 rings (SSSR count). The molecule has 2 aromatic rings. The van der Waals surface area contributed by atoms with E-state index in [9.17, 15) is 9.18 Å². The van der Waals surface area contributed by atoms with E-state index in [-0.39, 0.29) is 12.2 Å². The van der Waals surface area contributed by atoms with Crippen LogP contribution in [0.15, 0.2) is 18.2 Å². The highest BCUT2D eigenvalue weighted by molar-refractivity contribution is 7.15. The molecule has 0 unspecified atom stereocenters. The number of carboxylic acid groups (broad SMARTS) is 1. The van der Waals surface area contributed by atoms with Gasteiger partial charge in [0.05, 0.1) is 12.1 Å². The van der Waals surface area contributed by atoms with Gasteiger partial charge in [0.15, 0.2) is 0 Å². The number of rotatable bonds is 4. The third kappa shape index (κ3) is 3.17. The Kier molecular flexibility index (Phi) is 3.95. The van der Waals surface area contributed by atoms with Gasteiger partial charge < -0.3 is 5.11 Å². The number of aromatic nitrogens is 1. The molecule has 0 spiro atoms. The highest BCUT2D eigenvalue weighted by Crippen LogP contribution is 2.29. The highest BCUT2D eigenvalue weighted by Gasteiger charge is 2.11. The summed E-state index contributed by atoms with van der Waals surface area (Å²) in [4.78, 5) is 16.0. The molecule has 0 bridgehead atoms. The lowest BCUT2D eigenvalue weighted by molar-refractivity contribution is -0.136. The van der Waals surface area contributed by atoms with Crippen LogP contribution in [0.5, 0.6) is 0 Å². The summed E-state index contributed by atoms with van der Waals surface area (Å²) in [5.41, 5.74) is 2.30. The second kappa shape index (κ2) is 5.48. The predicted octanol–water partition coefficient (Wildman–Crippen LogP) is 3.58. The molecule has 1 aromatic heterocycles. The SMILES string of the molecule is Cc1cc(-c2nc(C)c(CCC(=O)O)s2)ccc1F. The van der Waals surface area contributed by atoms with E-state index in [1.54, 1.807) is 19.1 Å². The van der Waals surface area contributed by atoms with Gasteiger partial charge in [-0.3, -0.25) is 4.79 Å². The maximum absolute atomic E-state index is 13.2. The van der Waals surface area contributed by atoms with Crippen LogP contribution in [0.1, 0.15) is 22.6 Å². The van der Waals surface area contributed by atoms with Gasteiger partial charge in [0.1, 0.15) is 10.8 Å². The quantitative estimate of drug-likeness (QED) is 0.930. The summed E-state index contributed by atoms with van der Waals surface area (Å²) in [5, 5.41) is 9.51. The molecule has 0 amide bonds. The Morgan fingerprint density at radius 1 is 1.42 bits per heavy atom. The fraction of sp³-hybridized carbons (Fsp3) is 0.286. The van der Waals surface area contributed by atoms with E-state index < -0.39 is 5.97 Å². The summed E-state index contributed by atoms with van der Waals surface area (Å²) in [6.07, 6.45) is 0.587. The van der Waals surface area contributed by atoms with Crippen LogP contribution in [-0.4, -0.2) is 16.1 Å². The second-order valence-corrected chi connectivity index (χ2v) is 5.47. The first-order valence-electron chi connectivity index (χ1n) is 5.92. The fourth-order valence-electron chi connectivity index (χ4n) is 1.78. The minimum Gasteiger partial charge on any atom is -0.481 e. The summed E-state index contributed by atoms with van der Waals surface area (Å²) in [6, 6.07) is 4.88. The van der Waals surface area contributed by atoms with E-state index in [1.807, 2.05) is 6.92 Å². The van der Waals surface area contributed by atoms with Crippen LogP contribution < -0.4 is 0 Å². The topological polar surface area (TPSA) is 50.2 Å². The molecule has 1 N–H and O–H groups in total. The third-order valence-corrected chi connectivity index (χ3v) is 4.13. The zero-order chi connectivity index (χ0) is 14.0. The Morgan fingerprint density at radius 2 is 2.16 bits per heavy atom. The summed E-state index contributed by atoms with van der Waals surface area (Å²) < 4.78 is 13.2. The van der Waals surface area contributed by atoms with Crippen LogP contribution in [0.25, 0.3) is 10.6 Å². The molecule has 0 fully saturated rings. The lowest BCUT2D eigenvalue weighted by Crippen LogP contribution is -1.96. The molecule has 5 heteroatoms. The summed E-state index contributed by atoms with van der Waals surface area (Å²) >= 11 is 1.47. The molecule has 0 saturated heterocycles. The van der Waals surface area contributed by atoms with Gasteiger partial charge in [-0.15, -0.1) is 11.3 Å². The smallest absolute Gasteiger partial charge is 0.303 e. The average molecular weight is 279 g/mol. The van der Waals surface area contributed by atoms with Crippen molar-refractivity contribution in [3.8, 4) is 10.6 Å². The number of halogens is 1. The molecule has 1 heterocycles. The number of carbonyl (C=O) groups is 1. The van der Waals surface area contributed by atoms with E-state index in [4.69, 9.17) is 5.11 Å². The molecule has 19 heavy (non-hydrogen) atoms. The normalized spacial score (nSPS) is 10.7. The van der Waals surface area contributed by atoms with Crippen molar-refractivity contribution in [2.75, 3.05) is 0 Å². The van der Waals surface area contributed by atoms with Crippen LogP contribution >= 0.6 is 11.3 Å². The number of aryl methyl sites for hydroxylation is 3. The first-order valence-corrected chi connectivity index (χ1v) is 6.73. The number of carboxylic acids is 1. The Balaban J connectivity index is 2.28. The minimum atomic E-state index is -0.813. The van der Waals surface area contributed by atoms with Crippen molar-refractivity contribution in [2.45, 2.75) is 26.7 Å². The summed E-state index contributed by atoms with van der Waals surface area (Å²) in [5.74, 6) is -1.05. The Bertz CT molecular complexity index is 622. The molecule has 3 nitrogen and oxygen atoms in total. The van der Waals surface area contributed by atoms with Gasteiger partial charge in [-0.05, 0) is 44.0 Å². The highest BCUT2D eigenvalue weighted by atomic mass is 32.1. The molecule has 1 aromatic carbocycles. The molecule has 0 atom stereocenters. The third-order valence-electron chi connectivity index (χ3n) is 2.86. The van der Waals surface area contributed by atoms with Gasteiger partial charge in [0.25, 0.3) is 0 Å². The number of nitrogens with zero attached hydrogens (tertiary/aromatic N) is 1. The molecule has 0 aliphatic heterocycles. The maximum atomic E-state index is 13.2. The number of aliphatic carboxylic acids is 1. The van der Waals surface area contributed by atoms with Crippen molar-refractivity contribution in [3.05, 3.63) is 40.2 Å². The van der Waals surface area contributed by atoms with Crippen molar-refractivity contribution < 1.29 is 14.3 Å². The van der Waals surface area contributed by atoms with E-state index in [0.717, 1.165) is 21.1 Å². The summed E-state index contributed by atoms with van der Waals surface area (Å²) in [6.45, 7) is 3.58. The fourth-order valence-corrected chi connectivity index (χ4v) is 2.84. The van der Waals surface area contributed by atoms with Gasteiger partial charge in [-0.1, -0.05) is 0 Å².